The Balaban J connectivity index is 1.55. The Kier molecular flexibility index (Phi) is 4.66. The number of carbonyl (C=O) groups is 2. The average molecular weight is 321 g/mol. The van der Waals surface area contributed by atoms with Gasteiger partial charge in [0.15, 0.2) is 0 Å². The number of nitrogens with zero attached hydrogens (tertiary/aromatic N) is 2. The average Bonchev–Trinajstić information content (AvgIpc) is 3.19. The number of rotatable bonds is 4. The van der Waals surface area contributed by atoms with Crippen LogP contribution in [-0.4, -0.2) is 47.4 Å². The van der Waals surface area contributed by atoms with Crippen LogP contribution >= 0.6 is 11.3 Å². The van der Waals surface area contributed by atoms with E-state index in [-0.39, 0.29) is 24.0 Å². The topological polar surface area (TPSA) is 52.7 Å². The van der Waals surface area contributed by atoms with Crippen LogP contribution in [0.2, 0.25) is 0 Å². The van der Waals surface area contributed by atoms with Gasteiger partial charge in [-0.1, -0.05) is 0 Å². The number of thiophene rings is 1. The zero-order valence-electron chi connectivity index (χ0n) is 13.0. The predicted molar refractivity (Wildman–Crippen MR) is 86.8 cm³/mol. The zero-order chi connectivity index (χ0) is 15.5. The van der Waals surface area contributed by atoms with Gasteiger partial charge in [0.2, 0.25) is 5.91 Å². The Morgan fingerprint density at radius 2 is 2.32 bits per heavy atom. The number of amides is 3. The maximum Gasteiger partial charge on any atom is 0.318 e. The first-order valence-corrected chi connectivity index (χ1v) is 8.96. The van der Waals surface area contributed by atoms with Crippen molar-refractivity contribution < 1.29 is 9.59 Å². The molecule has 0 aromatic carbocycles. The van der Waals surface area contributed by atoms with Crippen molar-refractivity contribution >= 4 is 23.3 Å². The second-order valence-electron chi connectivity index (χ2n) is 6.20. The Hall–Kier alpha value is -1.56. The number of hydrogen-bond acceptors (Lipinski definition) is 3. The molecular weight excluding hydrogens is 298 g/mol. The molecule has 3 heterocycles. The van der Waals surface area contributed by atoms with Gasteiger partial charge in [0, 0.05) is 32.1 Å². The van der Waals surface area contributed by atoms with Gasteiger partial charge in [0.05, 0.1) is 6.04 Å². The van der Waals surface area contributed by atoms with E-state index in [0.29, 0.717) is 13.0 Å². The van der Waals surface area contributed by atoms with E-state index < -0.39 is 0 Å². The van der Waals surface area contributed by atoms with Gasteiger partial charge in [0.25, 0.3) is 0 Å². The van der Waals surface area contributed by atoms with Crippen molar-refractivity contribution in [2.45, 2.75) is 44.7 Å². The summed E-state index contributed by atoms with van der Waals surface area (Å²) >= 11 is 1.67. The first kappa shape index (κ1) is 15.3. The molecule has 6 heteroatoms. The summed E-state index contributed by atoms with van der Waals surface area (Å²) in [5.41, 5.74) is 1.24. The van der Waals surface area contributed by atoms with Gasteiger partial charge in [-0.15, -0.1) is 0 Å². The van der Waals surface area contributed by atoms with E-state index in [2.05, 4.69) is 22.1 Å². The molecule has 2 aliphatic rings. The predicted octanol–water partition coefficient (Wildman–Crippen LogP) is 2.61. The van der Waals surface area contributed by atoms with Crippen LogP contribution in [0.15, 0.2) is 16.8 Å². The fourth-order valence-corrected chi connectivity index (χ4v) is 4.09. The highest BCUT2D eigenvalue weighted by atomic mass is 32.1. The van der Waals surface area contributed by atoms with Crippen molar-refractivity contribution in [3.63, 3.8) is 0 Å². The van der Waals surface area contributed by atoms with Crippen molar-refractivity contribution in [2.75, 3.05) is 19.6 Å². The maximum absolute atomic E-state index is 12.5. The first-order valence-electron chi connectivity index (χ1n) is 8.02. The molecule has 120 valence electrons. The highest BCUT2D eigenvalue weighted by molar-refractivity contribution is 7.07. The molecule has 1 aromatic rings. The van der Waals surface area contributed by atoms with E-state index in [1.54, 1.807) is 11.3 Å². The quantitative estimate of drug-likeness (QED) is 0.927. The third-order valence-corrected chi connectivity index (χ3v) is 5.18. The SMILES string of the molecule is C[C@@H](CN1CCCC1=O)NC(=O)N1CCC[C@H]1c1ccsc1. The highest BCUT2D eigenvalue weighted by Gasteiger charge is 2.31. The second kappa shape index (κ2) is 6.69. The minimum atomic E-state index is -0.0155. The summed E-state index contributed by atoms with van der Waals surface area (Å²) in [5.74, 6) is 0.207. The summed E-state index contributed by atoms with van der Waals surface area (Å²) in [6.07, 6.45) is 3.66. The molecule has 2 fully saturated rings. The summed E-state index contributed by atoms with van der Waals surface area (Å²) in [4.78, 5) is 28.0. The van der Waals surface area contributed by atoms with Crippen molar-refractivity contribution in [1.82, 2.24) is 15.1 Å². The van der Waals surface area contributed by atoms with E-state index in [4.69, 9.17) is 0 Å². The van der Waals surface area contributed by atoms with Crippen molar-refractivity contribution in [2.24, 2.45) is 0 Å². The molecule has 5 nitrogen and oxygen atoms in total. The molecule has 0 radical (unpaired) electrons. The molecule has 0 saturated carbocycles. The smallest absolute Gasteiger partial charge is 0.318 e. The molecule has 1 N–H and O–H groups in total. The Morgan fingerprint density at radius 1 is 1.45 bits per heavy atom. The van der Waals surface area contributed by atoms with Crippen LogP contribution in [0.25, 0.3) is 0 Å². The van der Waals surface area contributed by atoms with E-state index >= 15 is 0 Å². The highest BCUT2D eigenvalue weighted by Crippen LogP contribution is 2.32. The fourth-order valence-electron chi connectivity index (χ4n) is 3.39. The molecule has 22 heavy (non-hydrogen) atoms. The third-order valence-electron chi connectivity index (χ3n) is 4.48. The molecule has 2 saturated heterocycles. The van der Waals surface area contributed by atoms with E-state index in [1.165, 1.54) is 5.56 Å². The van der Waals surface area contributed by atoms with Gasteiger partial charge in [-0.25, -0.2) is 4.79 Å². The van der Waals surface area contributed by atoms with Gasteiger partial charge in [-0.3, -0.25) is 4.79 Å². The van der Waals surface area contributed by atoms with E-state index in [9.17, 15) is 9.59 Å². The number of urea groups is 1. The Morgan fingerprint density at radius 3 is 3.00 bits per heavy atom. The van der Waals surface area contributed by atoms with Crippen LogP contribution in [0.3, 0.4) is 0 Å². The maximum atomic E-state index is 12.5. The second-order valence-corrected chi connectivity index (χ2v) is 6.98. The first-order chi connectivity index (χ1) is 10.6. The molecule has 3 rings (SSSR count). The standard InChI is InChI=1S/C16H23N3O2S/c1-12(10-18-7-3-5-15(18)20)17-16(21)19-8-2-4-14(19)13-6-9-22-11-13/h6,9,11-12,14H,2-5,7-8,10H2,1H3,(H,17,21)/t12-,14-/m0/s1. The van der Waals surface area contributed by atoms with E-state index in [0.717, 1.165) is 32.4 Å². The monoisotopic (exact) mass is 321 g/mol. The molecule has 2 atom stereocenters. The normalized spacial score (nSPS) is 23.1. The van der Waals surface area contributed by atoms with Crippen molar-refractivity contribution in [3.05, 3.63) is 22.4 Å². The van der Waals surface area contributed by atoms with Crippen LogP contribution in [0.1, 0.15) is 44.2 Å². The Labute approximate surface area is 135 Å². The van der Waals surface area contributed by atoms with Gasteiger partial charge in [-0.2, -0.15) is 11.3 Å². The molecule has 0 spiro atoms. The van der Waals surface area contributed by atoms with Crippen LogP contribution in [0, 0.1) is 0 Å². The molecule has 0 aliphatic carbocycles. The van der Waals surface area contributed by atoms with Crippen LogP contribution < -0.4 is 5.32 Å². The number of nitrogens with one attached hydrogen (secondary N) is 1. The van der Waals surface area contributed by atoms with Gasteiger partial charge >= 0.3 is 6.03 Å². The number of carbonyl (C=O) groups excluding carboxylic acids is 2. The van der Waals surface area contributed by atoms with Gasteiger partial charge < -0.3 is 15.1 Å². The summed E-state index contributed by atoms with van der Waals surface area (Å²) in [6.45, 7) is 4.21. The van der Waals surface area contributed by atoms with Crippen LogP contribution in [0.5, 0.6) is 0 Å². The summed E-state index contributed by atoms with van der Waals surface area (Å²) < 4.78 is 0. The minimum Gasteiger partial charge on any atom is -0.341 e. The van der Waals surface area contributed by atoms with Gasteiger partial charge in [0.1, 0.15) is 0 Å². The zero-order valence-corrected chi connectivity index (χ0v) is 13.8. The van der Waals surface area contributed by atoms with Crippen LogP contribution in [0.4, 0.5) is 4.79 Å². The lowest BCUT2D eigenvalue weighted by molar-refractivity contribution is -0.127. The summed E-state index contributed by atoms with van der Waals surface area (Å²) in [6, 6.07) is 2.28. The Bertz CT molecular complexity index is 532. The fraction of sp³-hybridized carbons (Fsp3) is 0.625. The summed E-state index contributed by atoms with van der Waals surface area (Å²) in [7, 11) is 0. The third kappa shape index (κ3) is 3.27. The largest absolute Gasteiger partial charge is 0.341 e. The summed E-state index contributed by atoms with van der Waals surface area (Å²) in [5, 5.41) is 7.25. The van der Waals surface area contributed by atoms with Crippen molar-refractivity contribution in [1.29, 1.82) is 0 Å². The molecule has 0 bridgehead atoms. The number of hydrogen-bond donors (Lipinski definition) is 1. The minimum absolute atomic E-state index is 0.00662. The molecule has 3 amide bonds. The molecule has 1 aromatic heterocycles. The molecule has 2 aliphatic heterocycles. The molecule has 0 unspecified atom stereocenters. The lowest BCUT2D eigenvalue weighted by atomic mass is 10.1. The lowest BCUT2D eigenvalue weighted by Crippen LogP contribution is -2.47. The van der Waals surface area contributed by atoms with E-state index in [1.807, 2.05) is 16.7 Å². The lowest BCUT2D eigenvalue weighted by Gasteiger charge is -2.28. The van der Waals surface area contributed by atoms with Crippen molar-refractivity contribution in [3.8, 4) is 0 Å². The van der Waals surface area contributed by atoms with Crippen LogP contribution in [-0.2, 0) is 4.79 Å². The number of likely N-dealkylation sites (tertiary alicyclic amines) is 2. The van der Waals surface area contributed by atoms with Gasteiger partial charge in [-0.05, 0) is 48.6 Å². The molecular formula is C16H23N3O2S.